The number of hydrogen-bond donors (Lipinski definition) is 6. The number of aliphatic hydroxyl groups is 1. The third-order valence-electron chi connectivity index (χ3n) is 8.20. The summed E-state index contributed by atoms with van der Waals surface area (Å²) in [6.45, 7) is 5.67. The standard InChI is InChI=1S/C37H38N6O6/c1-23(21-36(2,3)22-31(45)43-49)20-30(44)40-27-16-14-26(15-17-27)37(48,34(46)41-28-12-4-8-24-10-6-18-38-32(24)28)35(47)42-29-13-5-9-25-11-7-19-39-33(25)29/h4-19,23,48-49H,20-22H2,1-3H3,(H,40,44)(H,41,46)(H,42,47)(H,43,45). The van der Waals surface area contributed by atoms with Gasteiger partial charge in [-0.2, -0.15) is 0 Å². The van der Waals surface area contributed by atoms with E-state index in [-0.39, 0.29) is 30.2 Å². The average Bonchev–Trinajstić information content (AvgIpc) is 3.07. The molecule has 0 aliphatic heterocycles. The first-order valence-electron chi connectivity index (χ1n) is 15.8. The van der Waals surface area contributed by atoms with Crippen LogP contribution in [0.25, 0.3) is 21.8 Å². The third-order valence-corrected chi connectivity index (χ3v) is 8.20. The molecule has 12 nitrogen and oxygen atoms in total. The van der Waals surface area contributed by atoms with Gasteiger partial charge in [0.1, 0.15) is 0 Å². The molecule has 3 aromatic carbocycles. The Kier molecular flexibility index (Phi) is 10.3. The largest absolute Gasteiger partial charge is 0.368 e. The van der Waals surface area contributed by atoms with Crippen molar-refractivity contribution in [3.8, 4) is 0 Å². The Bertz CT molecular complexity index is 1910. The van der Waals surface area contributed by atoms with E-state index in [9.17, 15) is 24.3 Å². The van der Waals surface area contributed by atoms with Crippen LogP contribution in [-0.4, -0.2) is 43.9 Å². The number of aromatic nitrogens is 2. The summed E-state index contributed by atoms with van der Waals surface area (Å²) < 4.78 is 0. The molecule has 0 saturated heterocycles. The molecular formula is C37H38N6O6. The summed E-state index contributed by atoms with van der Waals surface area (Å²) in [5.74, 6) is -2.88. The molecule has 2 heterocycles. The van der Waals surface area contributed by atoms with E-state index in [0.29, 0.717) is 34.5 Å². The highest BCUT2D eigenvalue weighted by atomic mass is 16.5. The predicted octanol–water partition coefficient (Wildman–Crippen LogP) is 5.52. The van der Waals surface area contributed by atoms with Gasteiger partial charge in [-0.25, -0.2) is 5.48 Å². The van der Waals surface area contributed by atoms with Gasteiger partial charge in [0, 0.05) is 47.3 Å². The Morgan fingerprint density at radius 1 is 0.714 bits per heavy atom. The Hall–Kier alpha value is -5.72. The highest BCUT2D eigenvalue weighted by Crippen LogP contribution is 2.32. The lowest BCUT2D eigenvalue weighted by Gasteiger charge is -2.27. The Labute approximate surface area is 282 Å². The first-order valence-corrected chi connectivity index (χ1v) is 15.8. The van der Waals surface area contributed by atoms with Crippen molar-refractivity contribution >= 4 is 62.5 Å². The summed E-state index contributed by atoms with van der Waals surface area (Å²) in [4.78, 5) is 61.2. The van der Waals surface area contributed by atoms with E-state index in [4.69, 9.17) is 5.21 Å². The van der Waals surface area contributed by atoms with Crippen molar-refractivity contribution < 1.29 is 29.5 Å². The van der Waals surface area contributed by atoms with Crippen LogP contribution in [0.2, 0.25) is 0 Å². The molecule has 49 heavy (non-hydrogen) atoms. The van der Waals surface area contributed by atoms with E-state index >= 15 is 0 Å². The second kappa shape index (κ2) is 14.6. The number of hydroxylamine groups is 1. The molecule has 0 aliphatic rings. The number of fused-ring (bicyclic) bond motifs is 2. The fourth-order valence-corrected chi connectivity index (χ4v) is 6.09. The molecule has 0 radical (unpaired) electrons. The summed E-state index contributed by atoms with van der Waals surface area (Å²) in [6.07, 6.45) is 3.99. The molecule has 5 rings (SSSR count). The summed E-state index contributed by atoms with van der Waals surface area (Å²) in [5.41, 5.74) is 0.390. The first kappa shape index (κ1) is 34.6. The third kappa shape index (κ3) is 8.06. The Morgan fingerprint density at radius 2 is 1.22 bits per heavy atom. The molecule has 6 N–H and O–H groups in total. The van der Waals surface area contributed by atoms with E-state index in [2.05, 4.69) is 25.9 Å². The minimum Gasteiger partial charge on any atom is -0.368 e. The van der Waals surface area contributed by atoms with E-state index < -0.39 is 28.7 Å². The lowest BCUT2D eigenvalue weighted by atomic mass is 9.79. The van der Waals surface area contributed by atoms with Gasteiger partial charge in [0.25, 0.3) is 11.8 Å². The van der Waals surface area contributed by atoms with Crippen LogP contribution in [0.3, 0.4) is 0 Å². The second-order valence-electron chi connectivity index (χ2n) is 12.9. The number of rotatable bonds is 12. The van der Waals surface area contributed by atoms with Gasteiger partial charge in [0.2, 0.25) is 17.4 Å². The van der Waals surface area contributed by atoms with Gasteiger partial charge >= 0.3 is 0 Å². The van der Waals surface area contributed by atoms with Crippen molar-refractivity contribution in [1.82, 2.24) is 15.4 Å². The maximum absolute atomic E-state index is 14.0. The molecule has 1 unspecified atom stereocenters. The monoisotopic (exact) mass is 662 g/mol. The number of pyridine rings is 2. The lowest BCUT2D eigenvalue weighted by Crippen LogP contribution is -2.50. The number of nitrogens with one attached hydrogen (secondary N) is 4. The second-order valence-corrected chi connectivity index (χ2v) is 12.9. The van der Waals surface area contributed by atoms with Crippen LogP contribution in [0.4, 0.5) is 17.1 Å². The zero-order chi connectivity index (χ0) is 35.2. The number of carbonyl (C=O) groups is 4. The number of amides is 4. The molecule has 252 valence electrons. The molecular weight excluding hydrogens is 624 g/mol. The molecule has 0 spiro atoms. The predicted molar refractivity (Wildman–Crippen MR) is 186 cm³/mol. The van der Waals surface area contributed by atoms with E-state index in [1.807, 2.05) is 45.0 Å². The summed E-state index contributed by atoms with van der Waals surface area (Å²) in [7, 11) is 0. The van der Waals surface area contributed by atoms with Crippen LogP contribution in [-0.2, 0) is 24.8 Å². The Morgan fingerprint density at radius 3 is 1.73 bits per heavy atom. The van der Waals surface area contributed by atoms with Crippen molar-refractivity contribution in [3.63, 3.8) is 0 Å². The van der Waals surface area contributed by atoms with Gasteiger partial charge in [-0.1, -0.05) is 69.3 Å². The quantitative estimate of drug-likeness (QED) is 0.0573. The van der Waals surface area contributed by atoms with Crippen LogP contribution in [0.1, 0.15) is 45.6 Å². The number of nitrogens with zero attached hydrogens (tertiary/aromatic N) is 2. The SMILES string of the molecule is CC(CC(=O)Nc1ccc(C(O)(C(=O)Nc2cccc3cccnc23)C(=O)Nc2cccc3cccnc23)cc1)CC(C)(C)CC(=O)NO. The number of hydrogen-bond acceptors (Lipinski definition) is 8. The molecule has 1 atom stereocenters. The molecule has 0 bridgehead atoms. The zero-order valence-electron chi connectivity index (χ0n) is 27.4. The van der Waals surface area contributed by atoms with Gasteiger partial charge in [0.15, 0.2) is 0 Å². The number of carbonyl (C=O) groups excluding carboxylic acids is 4. The molecule has 0 aliphatic carbocycles. The van der Waals surface area contributed by atoms with E-state index in [0.717, 1.165) is 10.8 Å². The smallest absolute Gasteiger partial charge is 0.271 e. The summed E-state index contributed by atoms with van der Waals surface area (Å²) >= 11 is 0. The lowest BCUT2D eigenvalue weighted by molar-refractivity contribution is -0.148. The van der Waals surface area contributed by atoms with Crippen molar-refractivity contribution in [1.29, 1.82) is 0 Å². The minimum atomic E-state index is -2.72. The van der Waals surface area contributed by atoms with Crippen LogP contribution in [0, 0.1) is 11.3 Å². The normalized spacial score (nSPS) is 12.3. The topological polar surface area (TPSA) is 183 Å². The van der Waals surface area contributed by atoms with E-state index in [1.54, 1.807) is 54.3 Å². The Balaban J connectivity index is 1.39. The van der Waals surface area contributed by atoms with Gasteiger partial charge in [0.05, 0.1) is 22.4 Å². The maximum Gasteiger partial charge on any atom is 0.271 e. The number of para-hydroxylation sites is 2. The molecule has 5 aromatic rings. The highest BCUT2D eigenvalue weighted by molar-refractivity contribution is 6.19. The molecule has 4 amide bonds. The summed E-state index contributed by atoms with van der Waals surface area (Å²) in [5, 5.41) is 30.6. The van der Waals surface area contributed by atoms with Crippen LogP contribution in [0.5, 0.6) is 0 Å². The van der Waals surface area contributed by atoms with Crippen molar-refractivity contribution in [2.45, 2.75) is 45.6 Å². The maximum atomic E-state index is 14.0. The van der Waals surface area contributed by atoms with Gasteiger partial charge < -0.3 is 21.1 Å². The van der Waals surface area contributed by atoms with E-state index in [1.165, 1.54) is 24.3 Å². The van der Waals surface area contributed by atoms with Gasteiger partial charge in [-0.15, -0.1) is 0 Å². The fraction of sp³-hybridized carbons (Fsp3) is 0.243. The van der Waals surface area contributed by atoms with Crippen LogP contribution < -0.4 is 21.4 Å². The summed E-state index contributed by atoms with van der Waals surface area (Å²) in [6, 6.07) is 23.3. The minimum absolute atomic E-state index is 0.0424. The number of benzene rings is 3. The average molecular weight is 663 g/mol. The molecule has 2 aromatic heterocycles. The van der Waals surface area contributed by atoms with Crippen molar-refractivity contribution in [3.05, 3.63) is 103 Å². The van der Waals surface area contributed by atoms with Crippen LogP contribution >= 0.6 is 0 Å². The molecule has 0 saturated carbocycles. The zero-order valence-corrected chi connectivity index (χ0v) is 27.4. The van der Waals surface area contributed by atoms with Crippen molar-refractivity contribution in [2.24, 2.45) is 11.3 Å². The van der Waals surface area contributed by atoms with Gasteiger partial charge in [-0.05, 0) is 54.2 Å². The molecule has 12 heteroatoms. The molecule has 0 fully saturated rings. The number of anilines is 3. The van der Waals surface area contributed by atoms with Crippen molar-refractivity contribution in [2.75, 3.05) is 16.0 Å². The fourth-order valence-electron chi connectivity index (χ4n) is 6.09. The first-order chi connectivity index (χ1) is 23.4. The van der Waals surface area contributed by atoms with Gasteiger partial charge in [-0.3, -0.25) is 34.4 Å². The van der Waals surface area contributed by atoms with Crippen LogP contribution in [0.15, 0.2) is 97.3 Å². The highest BCUT2D eigenvalue weighted by Gasteiger charge is 2.46.